The molecule has 5 rings (SSSR count). The van der Waals surface area contributed by atoms with Crippen molar-refractivity contribution in [1.82, 2.24) is 9.97 Å². The molecule has 0 fully saturated rings. The summed E-state index contributed by atoms with van der Waals surface area (Å²) in [5.41, 5.74) is 5.08. The summed E-state index contributed by atoms with van der Waals surface area (Å²) in [5.74, 6) is 0.232. The Kier molecular flexibility index (Phi) is 6.13. The lowest BCUT2D eigenvalue weighted by Gasteiger charge is -2.23. The number of nitrogens with zero attached hydrogens (tertiary/aromatic N) is 2. The first-order valence-corrected chi connectivity index (χ1v) is 11.8. The molecule has 7 heteroatoms. The third-order valence-corrected chi connectivity index (χ3v) is 6.41. The molecule has 0 bridgehead atoms. The van der Waals surface area contributed by atoms with E-state index in [0.717, 1.165) is 26.9 Å². The van der Waals surface area contributed by atoms with E-state index in [1.54, 1.807) is 12.1 Å². The van der Waals surface area contributed by atoms with E-state index in [9.17, 15) is 15.0 Å². The van der Waals surface area contributed by atoms with Crippen LogP contribution in [0.4, 0.5) is 5.82 Å². The second kappa shape index (κ2) is 9.37. The molecule has 1 aliphatic carbocycles. The first-order valence-electron chi connectivity index (χ1n) is 11.0. The number of benzene rings is 3. The highest BCUT2D eigenvalue weighted by atomic mass is 79.9. The van der Waals surface area contributed by atoms with Crippen LogP contribution in [0.3, 0.4) is 0 Å². The number of aliphatic hydroxyl groups excluding tert-OH is 1. The maximum absolute atomic E-state index is 12.9. The van der Waals surface area contributed by atoms with Crippen molar-refractivity contribution < 1.29 is 15.0 Å². The Labute approximate surface area is 205 Å². The highest BCUT2D eigenvalue weighted by Crippen LogP contribution is 2.36. The zero-order valence-electron chi connectivity index (χ0n) is 18.2. The zero-order valence-corrected chi connectivity index (χ0v) is 19.8. The number of amides is 1. The van der Waals surface area contributed by atoms with Crippen LogP contribution in [0.15, 0.2) is 77.3 Å². The number of carbonyl (C=O) groups is 1. The molecule has 1 atom stereocenters. The van der Waals surface area contributed by atoms with Crippen LogP contribution in [-0.2, 0) is 24.1 Å². The highest BCUT2D eigenvalue weighted by molar-refractivity contribution is 9.10. The number of aliphatic hydroxyl groups is 1. The lowest BCUT2D eigenvalue weighted by atomic mass is 9.91. The van der Waals surface area contributed by atoms with Crippen molar-refractivity contribution in [2.24, 2.45) is 0 Å². The van der Waals surface area contributed by atoms with Crippen LogP contribution in [0.1, 0.15) is 34.2 Å². The number of phenols is 1. The van der Waals surface area contributed by atoms with E-state index in [-0.39, 0.29) is 29.6 Å². The van der Waals surface area contributed by atoms with Crippen molar-refractivity contribution in [2.75, 3.05) is 5.32 Å². The summed E-state index contributed by atoms with van der Waals surface area (Å²) in [6.07, 6.45) is 0.438. The lowest BCUT2D eigenvalue weighted by Crippen LogP contribution is -2.21. The summed E-state index contributed by atoms with van der Waals surface area (Å²) in [4.78, 5) is 22.5. The first kappa shape index (κ1) is 22.3. The van der Waals surface area contributed by atoms with Crippen molar-refractivity contribution in [3.05, 3.63) is 105 Å². The third kappa shape index (κ3) is 4.58. The van der Waals surface area contributed by atoms with Gasteiger partial charge in [0.15, 0.2) is 5.82 Å². The summed E-state index contributed by atoms with van der Waals surface area (Å²) in [6.45, 7) is 0. The molecule has 0 radical (unpaired) electrons. The van der Waals surface area contributed by atoms with Crippen molar-refractivity contribution in [3.63, 3.8) is 0 Å². The molecule has 0 spiro atoms. The van der Waals surface area contributed by atoms with Gasteiger partial charge in [0.05, 0.1) is 17.8 Å². The average molecular weight is 516 g/mol. The summed E-state index contributed by atoms with van der Waals surface area (Å²) in [5, 5.41) is 24.0. The van der Waals surface area contributed by atoms with Crippen LogP contribution in [-0.4, -0.2) is 26.1 Å². The Balaban J connectivity index is 1.54. The van der Waals surface area contributed by atoms with E-state index in [4.69, 9.17) is 9.97 Å². The fourth-order valence-electron chi connectivity index (χ4n) is 4.18. The third-order valence-electron chi connectivity index (χ3n) is 5.88. The molecule has 6 nitrogen and oxygen atoms in total. The predicted molar refractivity (Wildman–Crippen MR) is 134 cm³/mol. The quantitative estimate of drug-likeness (QED) is 0.348. The maximum atomic E-state index is 12.9. The molecule has 1 heterocycles. The van der Waals surface area contributed by atoms with Crippen molar-refractivity contribution >= 4 is 27.7 Å². The van der Waals surface area contributed by atoms with Gasteiger partial charge in [0.2, 0.25) is 5.91 Å². The lowest BCUT2D eigenvalue weighted by molar-refractivity contribution is -0.115. The molecule has 1 aromatic heterocycles. The number of carbonyl (C=O) groups excluding carboxylic acids is 1. The van der Waals surface area contributed by atoms with E-state index in [1.807, 2.05) is 60.7 Å². The van der Waals surface area contributed by atoms with Crippen molar-refractivity contribution in [1.29, 1.82) is 0 Å². The number of hydrogen-bond donors (Lipinski definition) is 3. The molecule has 1 amide bonds. The number of aromatic nitrogens is 2. The van der Waals surface area contributed by atoms with Gasteiger partial charge in [-0.25, -0.2) is 9.97 Å². The average Bonchev–Trinajstić information content (AvgIpc) is 2.85. The second-order valence-electron chi connectivity index (χ2n) is 8.26. The Bertz CT molecular complexity index is 1360. The van der Waals surface area contributed by atoms with Crippen LogP contribution in [0, 0.1) is 0 Å². The molecular formula is C27H22BrN3O3. The van der Waals surface area contributed by atoms with Crippen LogP contribution in [0.2, 0.25) is 0 Å². The Morgan fingerprint density at radius 3 is 2.53 bits per heavy atom. The van der Waals surface area contributed by atoms with Gasteiger partial charge < -0.3 is 15.5 Å². The van der Waals surface area contributed by atoms with Gasteiger partial charge in [0.1, 0.15) is 17.5 Å². The van der Waals surface area contributed by atoms with Crippen LogP contribution in [0.5, 0.6) is 5.75 Å². The van der Waals surface area contributed by atoms with Crippen LogP contribution in [0.25, 0.3) is 11.3 Å². The van der Waals surface area contributed by atoms with Crippen LogP contribution >= 0.6 is 15.9 Å². The van der Waals surface area contributed by atoms with Gasteiger partial charge in [-0.05, 0) is 59.9 Å². The van der Waals surface area contributed by atoms with Gasteiger partial charge in [0, 0.05) is 10.0 Å². The number of halogens is 1. The molecule has 0 aliphatic heterocycles. The predicted octanol–water partition coefficient (Wildman–Crippen LogP) is 4.97. The highest BCUT2D eigenvalue weighted by Gasteiger charge is 2.26. The number of aromatic hydroxyl groups is 1. The topological polar surface area (TPSA) is 95.3 Å². The second-order valence-corrected chi connectivity index (χ2v) is 9.17. The van der Waals surface area contributed by atoms with Gasteiger partial charge in [-0.1, -0.05) is 58.4 Å². The summed E-state index contributed by atoms with van der Waals surface area (Å²) in [7, 11) is 0. The van der Waals surface area contributed by atoms with Crippen molar-refractivity contribution in [2.45, 2.75) is 25.4 Å². The Hall–Kier alpha value is -3.55. The van der Waals surface area contributed by atoms with E-state index in [1.165, 1.54) is 0 Å². The summed E-state index contributed by atoms with van der Waals surface area (Å²) in [6, 6.07) is 21.9. The minimum absolute atomic E-state index is 0.176. The number of anilines is 1. The number of aryl methyl sites for hydroxylation is 2. The number of nitrogens with one attached hydrogen (secondary N) is 1. The molecule has 1 unspecified atom stereocenters. The van der Waals surface area contributed by atoms with Gasteiger partial charge in [0.25, 0.3) is 0 Å². The molecule has 4 aromatic rings. The number of fused-ring (bicyclic) bond motifs is 3. The monoisotopic (exact) mass is 515 g/mol. The smallest absolute Gasteiger partial charge is 0.229 e. The molecular weight excluding hydrogens is 494 g/mol. The maximum Gasteiger partial charge on any atom is 0.229 e. The molecule has 0 saturated heterocycles. The zero-order chi connectivity index (χ0) is 23.7. The summed E-state index contributed by atoms with van der Waals surface area (Å²) < 4.78 is 0.944. The van der Waals surface area contributed by atoms with Crippen LogP contribution < -0.4 is 5.32 Å². The van der Waals surface area contributed by atoms with E-state index in [0.29, 0.717) is 24.1 Å². The summed E-state index contributed by atoms with van der Waals surface area (Å²) >= 11 is 3.40. The Morgan fingerprint density at radius 2 is 1.76 bits per heavy atom. The largest absolute Gasteiger partial charge is 0.508 e. The Morgan fingerprint density at radius 1 is 1.00 bits per heavy atom. The van der Waals surface area contributed by atoms with Gasteiger partial charge in [-0.2, -0.15) is 0 Å². The normalized spacial score (nSPS) is 13.0. The van der Waals surface area contributed by atoms with Gasteiger partial charge in [-0.3, -0.25) is 4.79 Å². The number of phenolic OH excluding ortho intramolecular Hbond substituents is 1. The molecule has 0 saturated carbocycles. The minimum atomic E-state index is -1.07. The van der Waals surface area contributed by atoms with Gasteiger partial charge >= 0.3 is 0 Å². The molecule has 170 valence electrons. The molecule has 3 aromatic carbocycles. The number of rotatable bonds is 5. The van der Waals surface area contributed by atoms with Crippen molar-refractivity contribution in [3.8, 4) is 17.0 Å². The van der Waals surface area contributed by atoms with Gasteiger partial charge in [-0.15, -0.1) is 0 Å². The van der Waals surface area contributed by atoms with E-state index in [2.05, 4.69) is 21.2 Å². The molecule has 34 heavy (non-hydrogen) atoms. The number of hydrogen-bond acceptors (Lipinski definition) is 5. The molecule has 1 aliphatic rings. The van der Waals surface area contributed by atoms with E-state index < -0.39 is 6.10 Å². The first-order chi connectivity index (χ1) is 16.5. The minimum Gasteiger partial charge on any atom is -0.508 e. The fourth-order valence-corrected chi connectivity index (χ4v) is 4.45. The SMILES string of the molecule is O=C(Cc1ccc(Br)cc1)Nc1nc2c(nc1C(O)c1ccccc1)-c1ccc(O)cc1CC2. The van der Waals surface area contributed by atoms with E-state index >= 15 is 0 Å². The molecule has 3 N–H and O–H groups in total. The fraction of sp³-hybridized carbons (Fsp3) is 0.148. The standard InChI is InChI=1S/C27H22BrN3O3/c28-19-9-6-16(7-10-19)14-23(33)30-27-25(26(34)17-4-2-1-3-5-17)31-24-21-12-11-20(32)15-18(21)8-13-22(24)29-27/h1-7,9-12,15,26,32,34H,8,13-14H2,(H,29,30,33).